The zero-order chi connectivity index (χ0) is 28.3. The van der Waals surface area contributed by atoms with Crippen molar-refractivity contribution in [2.75, 3.05) is 33.4 Å². The highest BCUT2D eigenvalue weighted by Gasteiger charge is 2.26. The number of pyridine rings is 2. The molecule has 0 unspecified atom stereocenters. The Morgan fingerprint density at radius 3 is 2.62 bits per heavy atom. The molecular formula is C25H28Cl2N4O7S. The van der Waals surface area contributed by atoms with Gasteiger partial charge in [0.2, 0.25) is 5.88 Å². The SMILES string of the molecule is COCCOc1ccc(CCCN(C(=O)O)S(=O)(=O)NCCc2ccccn2)c(Oc2ncc(Cl)cc2Cl)c1. The second-order valence-electron chi connectivity index (χ2n) is 8.08. The number of carboxylic acid groups (broad SMARTS) is 1. The Balaban J connectivity index is 1.69. The number of methoxy groups -OCH3 is 1. The van der Waals surface area contributed by atoms with Crippen LogP contribution in [0.25, 0.3) is 0 Å². The summed E-state index contributed by atoms with van der Waals surface area (Å²) < 4.78 is 44.6. The molecule has 0 aliphatic carbocycles. The lowest BCUT2D eigenvalue weighted by molar-refractivity contribution is 0.146. The minimum Gasteiger partial charge on any atom is -0.491 e. The molecule has 0 saturated heterocycles. The van der Waals surface area contributed by atoms with Gasteiger partial charge in [-0.1, -0.05) is 35.3 Å². The highest BCUT2D eigenvalue weighted by Crippen LogP contribution is 2.34. The van der Waals surface area contributed by atoms with Crippen LogP contribution in [0.1, 0.15) is 17.7 Å². The molecule has 2 heterocycles. The van der Waals surface area contributed by atoms with Crippen LogP contribution >= 0.6 is 23.2 Å². The maximum Gasteiger partial charge on any atom is 0.422 e. The highest BCUT2D eigenvalue weighted by molar-refractivity contribution is 7.87. The van der Waals surface area contributed by atoms with Crippen molar-refractivity contribution in [1.29, 1.82) is 0 Å². The van der Waals surface area contributed by atoms with Gasteiger partial charge in [-0.15, -0.1) is 0 Å². The molecule has 3 aromatic rings. The van der Waals surface area contributed by atoms with Gasteiger partial charge in [-0.25, -0.2) is 9.78 Å². The van der Waals surface area contributed by atoms with E-state index in [0.29, 0.717) is 51.7 Å². The molecule has 0 radical (unpaired) electrons. The van der Waals surface area contributed by atoms with Crippen molar-refractivity contribution in [2.45, 2.75) is 19.3 Å². The molecule has 1 amide bonds. The van der Waals surface area contributed by atoms with Crippen molar-refractivity contribution >= 4 is 39.5 Å². The lowest BCUT2D eigenvalue weighted by atomic mass is 10.1. The third kappa shape index (κ3) is 9.52. The fraction of sp³-hybridized carbons (Fsp3) is 0.320. The van der Waals surface area contributed by atoms with Gasteiger partial charge in [-0.3, -0.25) is 4.98 Å². The van der Waals surface area contributed by atoms with Gasteiger partial charge < -0.3 is 19.3 Å². The van der Waals surface area contributed by atoms with Gasteiger partial charge >= 0.3 is 16.3 Å². The Labute approximate surface area is 236 Å². The number of halogens is 2. The number of rotatable bonds is 15. The molecule has 0 saturated carbocycles. The van der Waals surface area contributed by atoms with Crippen LogP contribution in [0.3, 0.4) is 0 Å². The summed E-state index contributed by atoms with van der Waals surface area (Å²) >= 11 is 12.1. The van der Waals surface area contributed by atoms with E-state index >= 15 is 0 Å². The quantitative estimate of drug-likeness (QED) is 0.240. The fourth-order valence-electron chi connectivity index (χ4n) is 3.41. The maximum atomic E-state index is 12.7. The van der Waals surface area contributed by atoms with E-state index in [2.05, 4.69) is 14.7 Å². The number of hydrogen-bond acceptors (Lipinski definition) is 8. The number of aromatic nitrogens is 2. The van der Waals surface area contributed by atoms with E-state index in [1.54, 1.807) is 49.7 Å². The van der Waals surface area contributed by atoms with Crippen LogP contribution in [0.5, 0.6) is 17.4 Å². The zero-order valence-corrected chi connectivity index (χ0v) is 23.4. The normalized spacial score (nSPS) is 11.3. The smallest absolute Gasteiger partial charge is 0.422 e. The number of hydrogen-bond donors (Lipinski definition) is 2. The Kier molecular flexibility index (Phi) is 11.6. The number of aryl methyl sites for hydroxylation is 1. The summed E-state index contributed by atoms with van der Waals surface area (Å²) in [6.07, 6.45) is 2.17. The Hall–Kier alpha value is -3.16. The average molecular weight is 599 g/mol. The number of benzene rings is 1. The molecule has 0 aliphatic rings. The molecule has 0 spiro atoms. The summed E-state index contributed by atoms with van der Waals surface area (Å²) in [5, 5.41) is 10.1. The van der Waals surface area contributed by atoms with Crippen molar-refractivity contribution < 1.29 is 32.5 Å². The van der Waals surface area contributed by atoms with Crippen molar-refractivity contribution in [1.82, 2.24) is 19.0 Å². The first-order chi connectivity index (χ1) is 18.7. The van der Waals surface area contributed by atoms with Crippen LogP contribution in [-0.4, -0.2) is 67.3 Å². The van der Waals surface area contributed by atoms with E-state index in [1.165, 1.54) is 12.3 Å². The van der Waals surface area contributed by atoms with Gasteiger partial charge in [0, 0.05) is 50.8 Å². The lowest BCUT2D eigenvalue weighted by Gasteiger charge is -2.20. The third-order valence-electron chi connectivity index (χ3n) is 5.28. The van der Waals surface area contributed by atoms with E-state index in [0.717, 1.165) is 0 Å². The van der Waals surface area contributed by atoms with Crippen LogP contribution in [0.15, 0.2) is 54.9 Å². The predicted octanol–water partition coefficient (Wildman–Crippen LogP) is 4.59. The number of ether oxygens (including phenoxy) is 3. The van der Waals surface area contributed by atoms with Gasteiger partial charge in [0.15, 0.2) is 0 Å². The Morgan fingerprint density at radius 2 is 1.92 bits per heavy atom. The van der Waals surface area contributed by atoms with Crippen LogP contribution in [0, 0.1) is 0 Å². The summed E-state index contributed by atoms with van der Waals surface area (Å²) in [4.78, 5) is 20.0. The molecule has 14 heteroatoms. The van der Waals surface area contributed by atoms with Gasteiger partial charge in [-0.2, -0.15) is 17.4 Å². The highest BCUT2D eigenvalue weighted by atomic mass is 35.5. The zero-order valence-electron chi connectivity index (χ0n) is 21.0. The molecule has 2 aromatic heterocycles. The molecule has 2 N–H and O–H groups in total. The topological polar surface area (TPSA) is 140 Å². The molecule has 11 nitrogen and oxygen atoms in total. The van der Waals surface area contributed by atoms with Crippen molar-refractivity contribution in [3.8, 4) is 17.4 Å². The predicted molar refractivity (Wildman–Crippen MR) is 146 cm³/mol. The first kappa shape index (κ1) is 30.4. The largest absolute Gasteiger partial charge is 0.491 e. The number of carbonyl (C=O) groups is 1. The van der Waals surface area contributed by atoms with Gasteiger partial charge in [0.25, 0.3) is 0 Å². The number of nitrogens with one attached hydrogen (secondary N) is 1. The molecule has 0 bridgehead atoms. The monoisotopic (exact) mass is 598 g/mol. The Morgan fingerprint density at radius 1 is 1.10 bits per heavy atom. The van der Waals surface area contributed by atoms with Crippen molar-refractivity contribution in [3.63, 3.8) is 0 Å². The minimum atomic E-state index is -4.28. The first-order valence-electron chi connectivity index (χ1n) is 11.8. The van der Waals surface area contributed by atoms with E-state index in [4.69, 9.17) is 37.4 Å². The van der Waals surface area contributed by atoms with E-state index in [-0.39, 0.29) is 36.8 Å². The maximum absolute atomic E-state index is 12.7. The third-order valence-corrected chi connectivity index (χ3v) is 7.24. The summed E-state index contributed by atoms with van der Waals surface area (Å²) in [6, 6.07) is 11.9. The molecule has 1 aromatic carbocycles. The first-order valence-corrected chi connectivity index (χ1v) is 14.0. The van der Waals surface area contributed by atoms with Gasteiger partial charge in [0.05, 0.1) is 11.6 Å². The Bertz CT molecular complexity index is 1350. The molecular weight excluding hydrogens is 571 g/mol. The van der Waals surface area contributed by atoms with Crippen molar-refractivity contribution in [3.05, 3.63) is 76.2 Å². The van der Waals surface area contributed by atoms with Crippen LogP contribution in [0.2, 0.25) is 10.0 Å². The fourth-order valence-corrected chi connectivity index (χ4v) is 4.92. The second-order valence-corrected chi connectivity index (χ2v) is 10.6. The summed E-state index contributed by atoms with van der Waals surface area (Å²) in [5.41, 5.74) is 1.34. The summed E-state index contributed by atoms with van der Waals surface area (Å²) in [7, 11) is -2.72. The van der Waals surface area contributed by atoms with Gasteiger partial charge in [-0.05, 0) is 42.7 Å². The second kappa shape index (κ2) is 14.8. The summed E-state index contributed by atoms with van der Waals surface area (Å²) in [5.74, 6) is 0.978. The molecule has 0 aliphatic heterocycles. The lowest BCUT2D eigenvalue weighted by Crippen LogP contribution is -2.45. The minimum absolute atomic E-state index is 0.000496. The molecule has 39 heavy (non-hydrogen) atoms. The summed E-state index contributed by atoms with van der Waals surface area (Å²) in [6.45, 7) is 0.423. The molecule has 0 atom stereocenters. The van der Waals surface area contributed by atoms with Crippen LogP contribution < -0.4 is 14.2 Å². The van der Waals surface area contributed by atoms with Crippen LogP contribution in [-0.2, 0) is 27.8 Å². The van der Waals surface area contributed by atoms with E-state index < -0.39 is 16.3 Å². The average Bonchev–Trinajstić information content (AvgIpc) is 2.89. The van der Waals surface area contributed by atoms with Crippen molar-refractivity contribution in [2.24, 2.45) is 0 Å². The molecule has 3 rings (SSSR count). The molecule has 0 fully saturated rings. The molecule has 210 valence electrons. The number of nitrogens with zero attached hydrogens (tertiary/aromatic N) is 3. The van der Waals surface area contributed by atoms with Crippen LogP contribution in [0.4, 0.5) is 4.79 Å². The van der Waals surface area contributed by atoms with Gasteiger partial charge in [0.1, 0.15) is 23.1 Å². The standard InChI is InChI=1S/C25H28Cl2N4O7S/c1-36-13-14-37-21-8-7-18(23(16-21)38-24-22(27)15-19(26)17-29-24)5-4-12-31(25(32)33)39(34,35)30-11-9-20-6-2-3-10-28-20/h2-3,6-8,10,15-17,30H,4-5,9,11-14H2,1H3,(H,32,33). The van der Waals surface area contributed by atoms with E-state index in [1.807, 2.05) is 0 Å². The van der Waals surface area contributed by atoms with E-state index in [9.17, 15) is 18.3 Å². The number of amides is 1.